The maximum absolute atomic E-state index is 10.9. The van der Waals surface area contributed by atoms with Gasteiger partial charge in [-0.1, -0.05) is 52.4 Å². The quantitative estimate of drug-likeness (QED) is 0.311. The second-order valence-corrected chi connectivity index (χ2v) is 16.5. The third-order valence-corrected chi connectivity index (χ3v) is 12.9. The molecule has 0 amide bonds. The van der Waals surface area contributed by atoms with Crippen molar-refractivity contribution < 1.29 is 19.0 Å². The number of aliphatic hydroxyl groups is 1. The summed E-state index contributed by atoms with van der Waals surface area (Å²) < 4.78 is 19.4. The number of rotatable bonds is 6. The first kappa shape index (κ1) is 25.2. The molecule has 0 unspecified atom stereocenters. The molecule has 31 heavy (non-hydrogen) atoms. The fourth-order valence-corrected chi connectivity index (χ4v) is 6.61. The molecular weight excluding hydrogens is 404 g/mol. The number of hydrogen-bond donors (Lipinski definition) is 1. The smallest absolute Gasteiger partial charge is 0.193 e. The minimum atomic E-state index is -1.90. The average Bonchev–Trinajstić information content (AvgIpc) is 3.25. The summed E-state index contributed by atoms with van der Waals surface area (Å²) >= 11 is 0. The van der Waals surface area contributed by atoms with Gasteiger partial charge in [0.15, 0.2) is 14.1 Å². The van der Waals surface area contributed by atoms with Gasteiger partial charge in [0.1, 0.15) is 6.10 Å². The van der Waals surface area contributed by atoms with Gasteiger partial charge in [-0.2, -0.15) is 0 Å². The Hall–Kier alpha value is -0.383. The van der Waals surface area contributed by atoms with Crippen LogP contribution in [0.25, 0.3) is 0 Å². The topological polar surface area (TPSA) is 47.9 Å². The van der Waals surface area contributed by atoms with Crippen molar-refractivity contribution in [3.63, 3.8) is 0 Å². The number of ether oxygens (including phenoxy) is 2. The van der Waals surface area contributed by atoms with E-state index in [0.717, 1.165) is 32.1 Å². The van der Waals surface area contributed by atoms with E-state index in [1.807, 2.05) is 0 Å². The van der Waals surface area contributed by atoms with E-state index in [1.165, 1.54) is 12.8 Å². The van der Waals surface area contributed by atoms with Crippen molar-refractivity contribution >= 4 is 8.32 Å². The maximum Gasteiger partial charge on any atom is 0.193 e. The van der Waals surface area contributed by atoms with E-state index in [2.05, 4.69) is 66.5 Å². The minimum Gasteiger partial charge on any atom is -0.403 e. The Labute approximate surface area is 191 Å². The standard InChI is InChI=1S/C26H46O4Si/c1-9-10-11-12-20(30-31(7,8)25(4,5)6)13-14-22-21-15-16-26(23(21)17-24(22)27)28-18(2)19(3)29-26/h18-24,27H,9-12,15-17H2,1-8H3/t18-,19-,20+,21-,22-,23+,24+/m1/s1. The number of fused-ring (bicyclic) bond motifs is 2. The van der Waals surface area contributed by atoms with Crippen LogP contribution < -0.4 is 0 Å². The zero-order valence-corrected chi connectivity index (χ0v) is 22.2. The Morgan fingerprint density at radius 3 is 2.39 bits per heavy atom. The molecule has 0 radical (unpaired) electrons. The summed E-state index contributed by atoms with van der Waals surface area (Å²) in [5.41, 5.74) is 0. The molecule has 5 heteroatoms. The van der Waals surface area contributed by atoms with E-state index in [0.29, 0.717) is 5.92 Å². The molecule has 2 saturated carbocycles. The molecule has 3 rings (SSSR count). The third kappa shape index (κ3) is 5.25. The van der Waals surface area contributed by atoms with Crippen molar-refractivity contribution in [1.82, 2.24) is 0 Å². The number of unbranched alkanes of at least 4 members (excludes halogenated alkanes) is 2. The van der Waals surface area contributed by atoms with Crippen LogP contribution in [0.4, 0.5) is 0 Å². The van der Waals surface area contributed by atoms with E-state index in [9.17, 15) is 5.11 Å². The van der Waals surface area contributed by atoms with E-state index in [4.69, 9.17) is 13.9 Å². The van der Waals surface area contributed by atoms with Crippen molar-refractivity contribution in [3.05, 3.63) is 0 Å². The average molecular weight is 451 g/mol. The highest BCUT2D eigenvalue weighted by Crippen LogP contribution is 2.57. The molecule has 178 valence electrons. The molecule has 1 heterocycles. The molecule has 1 aliphatic heterocycles. The lowest BCUT2D eigenvalue weighted by atomic mass is 9.90. The Bertz CT molecular complexity index is 663. The van der Waals surface area contributed by atoms with Gasteiger partial charge < -0.3 is 19.0 Å². The van der Waals surface area contributed by atoms with Crippen LogP contribution in [0.5, 0.6) is 0 Å². The van der Waals surface area contributed by atoms with Crippen LogP contribution in [0, 0.1) is 29.6 Å². The summed E-state index contributed by atoms with van der Waals surface area (Å²) in [6, 6.07) is 0. The highest BCUT2D eigenvalue weighted by atomic mass is 28.4. The molecule has 1 N–H and O–H groups in total. The molecule has 7 atom stereocenters. The summed E-state index contributed by atoms with van der Waals surface area (Å²) in [6.45, 7) is 17.9. The van der Waals surface area contributed by atoms with Gasteiger partial charge in [-0.05, 0) is 63.6 Å². The molecule has 0 aromatic carbocycles. The molecule has 0 aromatic rings. The summed E-state index contributed by atoms with van der Waals surface area (Å²) in [5, 5.41) is 11.1. The van der Waals surface area contributed by atoms with Gasteiger partial charge in [0, 0.05) is 18.3 Å². The fraction of sp³-hybridized carbons (Fsp3) is 0.923. The lowest BCUT2D eigenvalue weighted by molar-refractivity contribution is -0.199. The zero-order valence-electron chi connectivity index (χ0n) is 21.2. The molecule has 3 aliphatic rings. The van der Waals surface area contributed by atoms with E-state index >= 15 is 0 Å². The van der Waals surface area contributed by atoms with Crippen LogP contribution in [0.15, 0.2) is 0 Å². The van der Waals surface area contributed by atoms with Crippen molar-refractivity contribution in [1.29, 1.82) is 0 Å². The Balaban J connectivity index is 1.74. The lowest BCUT2D eigenvalue weighted by Crippen LogP contribution is -2.43. The van der Waals surface area contributed by atoms with Gasteiger partial charge in [0.2, 0.25) is 0 Å². The zero-order chi connectivity index (χ0) is 23.0. The highest BCUT2D eigenvalue weighted by Gasteiger charge is 2.61. The molecule has 0 bridgehead atoms. The van der Waals surface area contributed by atoms with Crippen LogP contribution in [0.3, 0.4) is 0 Å². The Morgan fingerprint density at radius 2 is 1.81 bits per heavy atom. The SMILES string of the molecule is CCCCC[C@@H](C#C[C@@H]1[C@H]2CCC3(O[C@H](C)[C@@H](C)O3)[C@H]2C[C@@H]1O)O[Si](C)(C)C(C)(C)C. The lowest BCUT2D eigenvalue weighted by Gasteiger charge is -2.38. The number of hydrogen-bond acceptors (Lipinski definition) is 4. The highest BCUT2D eigenvalue weighted by molar-refractivity contribution is 6.74. The van der Waals surface area contributed by atoms with Crippen LogP contribution in [0.2, 0.25) is 18.1 Å². The normalized spacial score (nSPS) is 35.8. The van der Waals surface area contributed by atoms with Gasteiger partial charge in [-0.25, -0.2) is 0 Å². The fourth-order valence-electron chi connectivity index (χ4n) is 5.36. The maximum atomic E-state index is 10.9. The molecular formula is C26H46O4Si. The first-order valence-electron chi connectivity index (χ1n) is 12.6. The van der Waals surface area contributed by atoms with Gasteiger partial charge >= 0.3 is 0 Å². The third-order valence-electron chi connectivity index (χ3n) is 8.43. The predicted molar refractivity (Wildman–Crippen MR) is 128 cm³/mol. The molecule has 1 spiro atoms. The van der Waals surface area contributed by atoms with Crippen LogP contribution in [0.1, 0.15) is 86.5 Å². The molecule has 1 saturated heterocycles. The first-order chi connectivity index (χ1) is 14.4. The Kier molecular flexibility index (Phi) is 7.71. The first-order valence-corrected chi connectivity index (χ1v) is 15.5. The van der Waals surface area contributed by atoms with E-state index in [-0.39, 0.29) is 35.2 Å². The number of aliphatic hydroxyl groups excluding tert-OH is 1. The summed E-state index contributed by atoms with van der Waals surface area (Å²) in [4.78, 5) is 0. The molecule has 0 aromatic heterocycles. The largest absolute Gasteiger partial charge is 0.403 e. The second kappa shape index (κ2) is 9.47. The van der Waals surface area contributed by atoms with Gasteiger partial charge in [-0.15, -0.1) is 0 Å². The Morgan fingerprint density at radius 1 is 1.16 bits per heavy atom. The van der Waals surface area contributed by atoms with Gasteiger partial charge in [0.05, 0.1) is 18.3 Å². The van der Waals surface area contributed by atoms with Crippen molar-refractivity contribution in [3.8, 4) is 11.8 Å². The predicted octanol–water partition coefficient (Wildman–Crippen LogP) is 5.89. The van der Waals surface area contributed by atoms with E-state index in [1.54, 1.807) is 0 Å². The summed E-state index contributed by atoms with van der Waals surface area (Å²) in [5.74, 6) is 7.12. The van der Waals surface area contributed by atoms with Crippen molar-refractivity contribution in [2.24, 2.45) is 17.8 Å². The van der Waals surface area contributed by atoms with Crippen LogP contribution in [-0.4, -0.2) is 43.6 Å². The summed E-state index contributed by atoms with van der Waals surface area (Å²) in [7, 11) is -1.90. The summed E-state index contributed by atoms with van der Waals surface area (Å²) in [6.07, 6.45) is 6.99. The van der Waals surface area contributed by atoms with Gasteiger partial charge in [0.25, 0.3) is 0 Å². The van der Waals surface area contributed by atoms with Gasteiger partial charge in [-0.3, -0.25) is 0 Å². The molecule has 2 aliphatic carbocycles. The second-order valence-electron chi connectivity index (χ2n) is 11.7. The van der Waals surface area contributed by atoms with Crippen LogP contribution in [-0.2, 0) is 13.9 Å². The molecule has 3 fully saturated rings. The van der Waals surface area contributed by atoms with Crippen molar-refractivity contribution in [2.45, 2.75) is 135 Å². The monoisotopic (exact) mass is 450 g/mol. The van der Waals surface area contributed by atoms with Crippen molar-refractivity contribution in [2.75, 3.05) is 0 Å². The molecule has 4 nitrogen and oxygen atoms in total. The van der Waals surface area contributed by atoms with Crippen LogP contribution >= 0.6 is 0 Å². The minimum absolute atomic E-state index is 0.000483. The van der Waals surface area contributed by atoms with E-state index < -0.39 is 20.2 Å².